The Balaban J connectivity index is 1.77. The van der Waals surface area contributed by atoms with E-state index in [1.54, 1.807) is 0 Å². The minimum Gasteiger partial charge on any atom is -0.355 e. The van der Waals surface area contributed by atoms with Gasteiger partial charge in [0.05, 0.1) is 5.92 Å². The molecule has 0 aromatic heterocycles. The average molecular weight is 238 g/mol. The highest BCUT2D eigenvalue weighted by molar-refractivity contribution is 5.79. The van der Waals surface area contributed by atoms with E-state index in [1.807, 2.05) is 0 Å². The molecular weight excluding hydrogens is 212 g/mol. The zero-order chi connectivity index (χ0) is 12.3. The van der Waals surface area contributed by atoms with Crippen molar-refractivity contribution >= 4 is 5.91 Å². The van der Waals surface area contributed by atoms with Crippen LogP contribution in [0.15, 0.2) is 0 Å². The molecule has 0 spiro atoms. The van der Waals surface area contributed by atoms with E-state index < -0.39 is 0 Å². The molecule has 2 rings (SSSR count). The molecule has 1 amide bonds. The normalized spacial score (nSPS) is 30.9. The van der Waals surface area contributed by atoms with E-state index >= 15 is 0 Å². The summed E-state index contributed by atoms with van der Waals surface area (Å²) in [5, 5.41) is 3.15. The standard InChI is InChI=1S/C14H26N2O/c1-2-7-14(8-9-14)10-16-13(17)11-5-3-4-6-12(11)15/h11-12H,2-10,15H2,1H3,(H,16,17). The van der Waals surface area contributed by atoms with E-state index in [-0.39, 0.29) is 17.9 Å². The molecule has 2 atom stereocenters. The predicted octanol–water partition coefficient (Wildman–Crippen LogP) is 2.20. The first-order valence-electron chi connectivity index (χ1n) is 7.20. The van der Waals surface area contributed by atoms with E-state index in [2.05, 4.69) is 12.2 Å². The third-order valence-electron chi connectivity index (χ3n) is 4.53. The second-order valence-corrected chi connectivity index (χ2v) is 6.02. The predicted molar refractivity (Wildman–Crippen MR) is 69.5 cm³/mol. The van der Waals surface area contributed by atoms with Gasteiger partial charge in [-0.15, -0.1) is 0 Å². The van der Waals surface area contributed by atoms with Gasteiger partial charge in [0, 0.05) is 12.6 Å². The lowest BCUT2D eigenvalue weighted by molar-refractivity contribution is -0.126. The van der Waals surface area contributed by atoms with Gasteiger partial charge in [-0.2, -0.15) is 0 Å². The number of hydrogen-bond donors (Lipinski definition) is 2. The molecule has 0 aromatic carbocycles. The van der Waals surface area contributed by atoms with Crippen LogP contribution in [0.5, 0.6) is 0 Å². The highest BCUT2D eigenvalue weighted by Gasteiger charge is 2.42. The number of amides is 1. The number of carbonyl (C=O) groups excluding carboxylic acids is 1. The molecule has 3 N–H and O–H groups in total. The summed E-state index contributed by atoms with van der Waals surface area (Å²) in [6.45, 7) is 3.10. The molecule has 3 heteroatoms. The SMILES string of the molecule is CCCC1(CNC(=O)C2CCCCC2N)CC1. The highest BCUT2D eigenvalue weighted by atomic mass is 16.1. The molecule has 0 saturated heterocycles. The highest BCUT2D eigenvalue weighted by Crippen LogP contribution is 2.49. The first-order chi connectivity index (χ1) is 8.17. The Bertz CT molecular complexity index is 273. The fourth-order valence-electron chi connectivity index (χ4n) is 3.11. The van der Waals surface area contributed by atoms with Gasteiger partial charge in [0.25, 0.3) is 0 Å². The minimum atomic E-state index is 0.0705. The Morgan fingerprint density at radius 3 is 2.65 bits per heavy atom. The van der Waals surface area contributed by atoms with Gasteiger partial charge < -0.3 is 11.1 Å². The van der Waals surface area contributed by atoms with E-state index in [9.17, 15) is 4.79 Å². The summed E-state index contributed by atoms with van der Waals surface area (Å²) >= 11 is 0. The molecule has 0 aliphatic heterocycles. The average Bonchev–Trinajstić information content (AvgIpc) is 3.08. The van der Waals surface area contributed by atoms with Crippen molar-refractivity contribution in [1.29, 1.82) is 0 Å². The van der Waals surface area contributed by atoms with Crippen LogP contribution >= 0.6 is 0 Å². The zero-order valence-corrected chi connectivity index (χ0v) is 11.0. The van der Waals surface area contributed by atoms with Crippen molar-refractivity contribution in [2.75, 3.05) is 6.54 Å². The van der Waals surface area contributed by atoms with Crippen LogP contribution in [0.3, 0.4) is 0 Å². The van der Waals surface area contributed by atoms with Gasteiger partial charge in [0.1, 0.15) is 0 Å². The quantitative estimate of drug-likeness (QED) is 0.771. The lowest BCUT2D eigenvalue weighted by atomic mass is 9.84. The van der Waals surface area contributed by atoms with Crippen LogP contribution in [0.4, 0.5) is 0 Å². The number of nitrogens with one attached hydrogen (secondary N) is 1. The van der Waals surface area contributed by atoms with Crippen LogP contribution in [0.25, 0.3) is 0 Å². The van der Waals surface area contributed by atoms with Crippen LogP contribution in [-0.2, 0) is 4.79 Å². The molecule has 0 heterocycles. The number of rotatable bonds is 5. The maximum absolute atomic E-state index is 12.1. The summed E-state index contributed by atoms with van der Waals surface area (Å²) in [5.74, 6) is 0.278. The zero-order valence-electron chi connectivity index (χ0n) is 11.0. The molecule has 2 unspecified atom stereocenters. The molecule has 3 nitrogen and oxygen atoms in total. The summed E-state index contributed by atoms with van der Waals surface area (Å²) in [6.07, 6.45) is 9.39. The van der Waals surface area contributed by atoms with Crippen LogP contribution in [0, 0.1) is 11.3 Å². The van der Waals surface area contributed by atoms with Gasteiger partial charge in [0.2, 0.25) is 5.91 Å². The molecule has 98 valence electrons. The lowest BCUT2D eigenvalue weighted by Gasteiger charge is -2.28. The van der Waals surface area contributed by atoms with E-state index in [0.29, 0.717) is 5.41 Å². The smallest absolute Gasteiger partial charge is 0.224 e. The summed E-state index contributed by atoms with van der Waals surface area (Å²) in [7, 11) is 0. The summed E-state index contributed by atoms with van der Waals surface area (Å²) in [6, 6.07) is 0.0880. The maximum atomic E-state index is 12.1. The van der Waals surface area contributed by atoms with Gasteiger partial charge >= 0.3 is 0 Å². The fourth-order valence-corrected chi connectivity index (χ4v) is 3.11. The first kappa shape index (κ1) is 12.9. The molecule has 0 aromatic rings. The largest absolute Gasteiger partial charge is 0.355 e. The Morgan fingerprint density at radius 2 is 2.06 bits per heavy atom. The lowest BCUT2D eigenvalue weighted by Crippen LogP contribution is -2.45. The van der Waals surface area contributed by atoms with Gasteiger partial charge in [-0.1, -0.05) is 26.2 Å². The summed E-state index contributed by atoms with van der Waals surface area (Å²) in [4.78, 5) is 12.1. The van der Waals surface area contributed by atoms with Crippen LogP contribution in [0.2, 0.25) is 0 Å². The van der Waals surface area contributed by atoms with Crippen molar-refractivity contribution < 1.29 is 4.79 Å². The number of hydrogen-bond acceptors (Lipinski definition) is 2. The molecule has 2 fully saturated rings. The van der Waals surface area contributed by atoms with Crippen molar-refractivity contribution in [1.82, 2.24) is 5.32 Å². The molecule has 2 aliphatic carbocycles. The van der Waals surface area contributed by atoms with Crippen LogP contribution in [0.1, 0.15) is 58.3 Å². The van der Waals surface area contributed by atoms with Crippen molar-refractivity contribution in [2.24, 2.45) is 17.1 Å². The third-order valence-corrected chi connectivity index (χ3v) is 4.53. The van der Waals surface area contributed by atoms with Gasteiger partial charge in [-0.3, -0.25) is 4.79 Å². The van der Waals surface area contributed by atoms with Crippen molar-refractivity contribution in [3.05, 3.63) is 0 Å². The molecule has 2 aliphatic rings. The minimum absolute atomic E-state index is 0.0705. The molecule has 0 bridgehead atoms. The maximum Gasteiger partial charge on any atom is 0.224 e. The van der Waals surface area contributed by atoms with Crippen molar-refractivity contribution in [3.63, 3.8) is 0 Å². The summed E-state index contributed by atoms with van der Waals surface area (Å²) in [5.41, 5.74) is 6.48. The Hall–Kier alpha value is -0.570. The van der Waals surface area contributed by atoms with Gasteiger partial charge in [-0.25, -0.2) is 0 Å². The Labute approximate surface area is 105 Å². The topological polar surface area (TPSA) is 55.1 Å². The monoisotopic (exact) mass is 238 g/mol. The first-order valence-corrected chi connectivity index (χ1v) is 7.20. The Kier molecular flexibility index (Phi) is 4.08. The number of carbonyl (C=O) groups is 1. The third kappa shape index (κ3) is 3.21. The molecule has 0 radical (unpaired) electrons. The van der Waals surface area contributed by atoms with E-state index in [1.165, 1.54) is 32.1 Å². The van der Waals surface area contributed by atoms with E-state index in [4.69, 9.17) is 5.73 Å². The second-order valence-electron chi connectivity index (χ2n) is 6.02. The Morgan fingerprint density at radius 1 is 1.35 bits per heavy atom. The molecule has 2 saturated carbocycles. The summed E-state index contributed by atoms with van der Waals surface area (Å²) < 4.78 is 0. The van der Waals surface area contributed by atoms with Gasteiger partial charge in [-0.05, 0) is 37.5 Å². The van der Waals surface area contributed by atoms with Crippen LogP contribution < -0.4 is 11.1 Å². The molecular formula is C14H26N2O. The number of nitrogens with two attached hydrogens (primary N) is 1. The van der Waals surface area contributed by atoms with Gasteiger partial charge in [0.15, 0.2) is 0 Å². The van der Waals surface area contributed by atoms with Crippen LogP contribution in [-0.4, -0.2) is 18.5 Å². The fraction of sp³-hybridized carbons (Fsp3) is 0.929. The van der Waals surface area contributed by atoms with E-state index in [0.717, 1.165) is 25.8 Å². The second kappa shape index (κ2) is 5.38. The molecule has 17 heavy (non-hydrogen) atoms. The van der Waals surface area contributed by atoms with Crippen molar-refractivity contribution in [2.45, 2.75) is 64.3 Å². The van der Waals surface area contributed by atoms with Crippen molar-refractivity contribution in [3.8, 4) is 0 Å².